The third-order valence-electron chi connectivity index (χ3n) is 3.49. The molecule has 0 aromatic heterocycles. The first-order valence-corrected chi connectivity index (χ1v) is 9.10. The van der Waals surface area contributed by atoms with Gasteiger partial charge in [-0.25, -0.2) is 13.6 Å². The van der Waals surface area contributed by atoms with Gasteiger partial charge in [-0.3, -0.25) is 9.59 Å². The highest BCUT2D eigenvalue weighted by Gasteiger charge is 2.16. The molecule has 0 unspecified atom stereocenters. The predicted octanol–water partition coefficient (Wildman–Crippen LogP) is 2.94. The molecule has 0 saturated carbocycles. The van der Waals surface area contributed by atoms with Gasteiger partial charge >= 0.3 is 5.97 Å². The van der Waals surface area contributed by atoms with E-state index in [0.29, 0.717) is 4.90 Å². The van der Waals surface area contributed by atoms with Crippen molar-refractivity contribution < 1.29 is 27.9 Å². The average molecular weight is 408 g/mol. The van der Waals surface area contributed by atoms with E-state index in [1.54, 1.807) is 32.3 Å². The summed E-state index contributed by atoms with van der Waals surface area (Å²) in [5.41, 5.74) is -0.150. The Hall–Kier alpha value is -2.94. The van der Waals surface area contributed by atoms with Crippen molar-refractivity contribution in [3.8, 4) is 0 Å². The molecule has 2 rings (SSSR count). The monoisotopic (exact) mass is 408 g/mol. The maximum atomic E-state index is 13.5. The Kier molecular flexibility index (Phi) is 7.51. The van der Waals surface area contributed by atoms with Crippen LogP contribution in [0.1, 0.15) is 10.4 Å². The number of hydrogen-bond donors (Lipinski definition) is 1. The zero-order chi connectivity index (χ0) is 20.7. The average Bonchev–Trinajstić information content (AvgIpc) is 2.67. The third-order valence-corrected chi connectivity index (χ3v) is 4.55. The van der Waals surface area contributed by atoms with Crippen molar-refractivity contribution in [2.24, 2.45) is 0 Å². The van der Waals surface area contributed by atoms with Crippen LogP contribution in [-0.4, -0.2) is 49.1 Å². The number of hydrogen-bond acceptors (Lipinski definition) is 5. The second-order valence-electron chi connectivity index (χ2n) is 5.82. The molecule has 0 heterocycles. The lowest BCUT2D eigenvalue weighted by atomic mass is 10.2. The first-order valence-electron chi connectivity index (χ1n) is 8.12. The lowest BCUT2D eigenvalue weighted by Gasteiger charge is -2.12. The summed E-state index contributed by atoms with van der Waals surface area (Å²) in [6.07, 6.45) is 0. The molecule has 0 atom stereocenters. The molecule has 2 amide bonds. The number of rotatable bonds is 7. The standard InChI is InChI=1S/C19H18F2N2O4S/c1-23(2)18(25)11-28-16-6-4-3-5-13(16)19(26)27-10-17(24)22-15-9-12(20)7-8-14(15)21/h3-9H,10-11H2,1-2H3,(H,22,24). The lowest BCUT2D eigenvalue weighted by Crippen LogP contribution is -2.23. The van der Waals surface area contributed by atoms with Crippen LogP contribution in [-0.2, 0) is 14.3 Å². The molecular weight excluding hydrogens is 390 g/mol. The van der Waals surface area contributed by atoms with Crippen LogP contribution >= 0.6 is 11.8 Å². The van der Waals surface area contributed by atoms with Crippen LogP contribution in [0.2, 0.25) is 0 Å². The molecule has 148 valence electrons. The topological polar surface area (TPSA) is 75.7 Å². The Morgan fingerprint density at radius 1 is 1.11 bits per heavy atom. The highest BCUT2D eigenvalue weighted by molar-refractivity contribution is 8.00. The van der Waals surface area contributed by atoms with Crippen LogP contribution < -0.4 is 5.32 Å². The highest BCUT2D eigenvalue weighted by atomic mass is 32.2. The van der Waals surface area contributed by atoms with Crippen molar-refractivity contribution in [3.63, 3.8) is 0 Å². The zero-order valence-corrected chi connectivity index (χ0v) is 16.0. The SMILES string of the molecule is CN(C)C(=O)CSc1ccccc1C(=O)OCC(=O)Nc1cc(F)ccc1F. The molecule has 0 fully saturated rings. The minimum atomic E-state index is -0.814. The molecule has 9 heteroatoms. The van der Waals surface area contributed by atoms with Gasteiger partial charge in [0.2, 0.25) is 5.91 Å². The minimum absolute atomic E-state index is 0.121. The summed E-state index contributed by atoms with van der Waals surface area (Å²) in [6, 6.07) is 9.11. The first kappa shape index (κ1) is 21.4. The summed E-state index contributed by atoms with van der Waals surface area (Å²) in [6.45, 7) is -0.676. The van der Waals surface area contributed by atoms with E-state index in [1.165, 1.54) is 22.7 Å². The Bertz CT molecular complexity index is 890. The minimum Gasteiger partial charge on any atom is -0.452 e. The van der Waals surface area contributed by atoms with Gasteiger partial charge in [-0.05, 0) is 24.3 Å². The van der Waals surface area contributed by atoms with E-state index in [4.69, 9.17) is 4.74 Å². The van der Waals surface area contributed by atoms with Gasteiger partial charge < -0.3 is 15.0 Å². The summed E-state index contributed by atoms with van der Waals surface area (Å²) in [4.78, 5) is 37.8. The first-order chi connectivity index (χ1) is 13.3. The summed E-state index contributed by atoms with van der Waals surface area (Å²) in [7, 11) is 3.26. The number of benzene rings is 2. The second-order valence-corrected chi connectivity index (χ2v) is 6.84. The second kappa shape index (κ2) is 9.84. The van der Waals surface area contributed by atoms with Gasteiger partial charge in [0.15, 0.2) is 6.61 Å². The van der Waals surface area contributed by atoms with Gasteiger partial charge in [0, 0.05) is 25.1 Å². The maximum absolute atomic E-state index is 13.5. The predicted molar refractivity (Wildman–Crippen MR) is 101 cm³/mol. The Morgan fingerprint density at radius 3 is 2.54 bits per heavy atom. The fraction of sp³-hybridized carbons (Fsp3) is 0.211. The molecule has 1 N–H and O–H groups in total. The number of esters is 1. The highest BCUT2D eigenvalue weighted by Crippen LogP contribution is 2.23. The Balaban J connectivity index is 1.96. The number of anilines is 1. The number of amides is 2. The van der Waals surface area contributed by atoms with Crippen molar-refractivity contribution >= 4 is 35.2 Å². The van der Waals surface area contributed by atoms with Crippen molar-refractivity contribution in [1.82, 2.24) is 4.90 Å². The van der Waals surface area contributed by atoms with Crippen LogP contribution in [0.3, 0.4) is 0 Å². The van der Waals surface area contributed by atoms with E-state index >= 15 is 0 Å². The summed E-state index contributed by atoms with van der Waals surface area (Å²) in [5.74, 6) is -3.10. The molecule has 0 spiro atoms. The third kappa shape index (κ3) is 6.05. The fourth-order valence-corrected chi connectivity index (χ4v) is 3.04. The van der Waals surface area contributed by atoms with Crippen molar-refractivity contribution in [1.29, 1.82) is 0 Å². The van der Waals surface area contributed by atoms with Crippen LogP contribution in [0, 0.1) is 11.6 Å². The van der Waals surface area contributed by atoms with E-state index in [2.05, 4.69) is 5.32 Å². The maximum Gasteiger partial charge on any atom is 0.339 e. The lowest BCUT2D eigenvalue weighted by molar-refractivity contribution is -0.125. The Morgan fingerprint density at radius 2 is 1.82 bits per heavy atom. The molecule has 0 aliphatic carbocycles. The molecule has 0 saturated heterocycles. The summed E-state index contributed by atoms with van der Waals surface area (Å²) >= 11 is 1.17. The van der Waals surface area contributed by atoms with E-state index in [-0.39, 0.29) is 22.9 Å². The Labute approximate surface area is 164 Å². The van der Waals surface area contributed by atoms with Gasteiger partial charge in [0.05, 0.1) is 17.0 Å². The molecule has 28 heavy (non-hydrogen) atoms. The van der Waals surface area contributed by atoms with Crippen molar-refractivity contribution in [2.75, 3.05) is 31.8 Å². The van der Waals surface area contributed by atoms with Crippen LogP contribution in [0.5, 0.6) is 0 Å². The van der Waals surface area contributed by atoms with Crippen molar-refractivity contribution in [3.05, 3.63) is 59.7 Å². The number of thioether (sulfide) groups is 1. The van der Waals surface area contributed by atoms with Gasteiger partial charge in [0.25, 0.3) is 5.91 Å². The van der Waals surface area contributed by atoms with E-state index in [9.17, 15) is 23.2 Å². The number of carbonyl (C=O) groups is 3. The number of nitrogens with one attached hydrogen (secondary N) is 1. The van der Waals surface area contributed by atoms with Crippen molar-refractivity contribution in [2.45, 2.75) is 4.90 Å². The van der Waals surface area contributed by atoms with Gasteiger partial charge in [-0.15, -0.1) is 11.8 Å². The van der Waals surface area contributed by atoms with Gasteiger partial charge in [-0.1, -0.05) is 12.1 Å². The quantitative estimate of drug-likeness (QED) is 0.563. The van der Waals surface area contributed by atoms with E-state index in [0.717, 1.165) is 18.2 Å². The number of carbonyl (C=O) groups excluding carboxylic acids is 3. The largest absolute Gasteiger partial charge is 0.452 e. The summed E-state index contributed by atoms with van der Waals surface area (Å²) in [5, 5.41) is 2.14. The number of halogens is 2. The molecule has 2 aromatic carbocycles. The van der Waals surface area contributed by atoms with Crippen LogP contribution in [0.15, 0.2) is 47.4 Å². The normalized spacial score (nSPS) is 10.3. The number of nitrogens with zero attached hydrogens (tertiary/aromatic N) is 1. The van der Waals surface area contributed by atoms with E-state index in [1.807, 2.05) is 0 Å². The molecule has 0 aliphatic rings. The van der Waals surface area contributed by atoms with Gasteiger partial charge in [0.1, 0.15) is 11.6 Å². The molecule has 2 aromatic rings. The molecule has 6 nitrogen and oxygen atoms in total. The van der Waals surface area contributed by atoms with Crippen LogP contribution in [0.25, 0.3) is 0 Å². The zero-order valence-electron chi connectivity index (χ0n) is 15.2. The molecule has 0 bridgehead atoms. The molecule has 0 aliphatic heterocycles. The summed E-state index contributed by atoms with van der Waals surface area (Å²) < 4.78 is 31.6. The van der Waals surface area contributed by atoms with Gasteiger partial charge in [-0.2, -0.15) is 0 Å². The fourth-order valence-electron chi connectivity index (χ4n) is 2.02. The smallest absolute Gasteiger partial charge is 0.339 e. The molecular formula is C19H18F2N2O4S. The molecule has 0 radical (unpaired) electrons. The number of ether oxygens (including phenoxy) is 1. The van der Waals surface area contributed by atoms with Crippen LogP contribution in [0.4, 0.5) is 14.5 Å². The van der Waals surface area contributed by atoms with E-state index < -0.39 is 30.1 Å².